The monoisotopic (exact) mass is 666 g/mol. The predicted octanol–water partition coefficient (Wildman–Crippen LogP) is 7.78. The van der Waals surface area contributed by atoms with Gasteiger partial charge in [-0.15, -0.1) is 0 Å². The smallest absolute Gasteiger partial charge is 0.336 e. The van der Waals surface area contributed by atoms with Gasteiger partial charge in [-0.25, -0.2) is 4.79 Å². The maximum absolute atomic E-state index is 16.3. The largest absolute Gasteiger partial charge is 0.485 e. The Labute approximate surface area is 279 Å². The summed E-state index contributed by atoms with van der Waals surface area (Å²) in [6.07, 6.45) is -0.227. The fourth-order valence-corrected chi connectivity index (χ4v) is 6.06. The second-order valence-corrected chi connectivity index (χ2v) is 11.8. The topological polar surface area (TPSA) is 117 Å². The maximum atomic E-state index is 16.3. The number of likely N-dealkylation sites (N-methyl/N-ethyl adjacent to an activating group) is 1. The van der Waals surface area contributed by atoms with Gasteiger partial charge in [-0.1, -0.05) is 72.4 Å². The summed E-state index contributed by atoms with van der Waals surface area (Å²) in [6, 6.07) is 28.6. The van der Waals surface area contributed by atoms with Gasteiger partial charge in [0.05, 0.1) is 28.3 Å². The number of hydrogen-bond donors (Lipinski definition) is 2. The number of carboxylic acid groups (broad SMARTS) is 1. The Kier molecular flexibility index (Phi) is 9.82. The Morgan fingerprint density at radius 2 is 1.65 bits per heavy atom. The van der Waals surface area contributed by atoms with E-state index in [1.54, 1.807) is 18.2 Å². The number of pyridine rings is 1. The van der Waals surface area contributed by atoms with Crippen molar-refractivity contribution in [3.05, 3.63) is 131 Å². The molecule has 2 N–H and O–H groups in total. The fraction of sp³-hybridized carbons (Fsp3) is 0.139. The zero-order valence-corrected chi connectivity index (χ0v) is 26.3. The van der Waals surface area contributed by atoms with Gasteiger partial charge in [0.2, 0.25) is 11.6 Å². The molecule has 0 spiro atoms. The van der Waals surface area contributed by atoms with Gasteiger partial charge in [-0.05, 0) is 42.9 Å². The second-order valence-electron chi connectivity index (χ2n) is 10.7. The molecule has 1 aromatic heterocycles. The number of nitrogens with one attached hydrogen (secondary N) is 1. The van der Waals surface area contributed by atoms with Crippen molar-refractivity contribution < 1.29 is 32.9 Å². The lowest BCUT2D eigenvalue weighted by Crippen LogP contribution is -2.24. The highest BCUT2D eigenvalue weighted by molar-refractivity contribution is 7.99. The SMILES string of the molecule is CN1CCNC1c1ccccc1Oc1nc(Oc2cc(C#N)ccc2OCc2ccccc2)c(F)c(Sc2ccccc2C(=O)O)c1F. The average molecular weight is 667 g/mol. The highest BCUT2D eigenvalue weighted by atomic mass is 32.2. The molecule has 1 atom stereocenters. The summed E-state index contributed by atoms with van der Waals surface area (Å²) in [7, 11) is 1.94. The summed E-state index contributed by atoms with van der Waals surface area (Å²) in [6.45, 7) is 1.65. The molecule has 1 fully saturated rings. The minimum Gasteiger partial charge on any atom is -0.485 e. The number of ether oxygens (including phenoxy) is 3. The summed E-state index contributed by atoms with van der Waals surface area (Å²) < 4.78 is 50.6. The third-order valence-corrected chi connectivity index (χ3v) is 8.63. The molecule has 4 aromatic carbocycles. The normalized spacial score (nSPS) is 14.3. The highest BCUT2D eigenvalue weighted by Crippen LogP contribution is 2.44. The number of nitrogens with zero attached hydrogens (tertiary/aromatic N) is 3. The first-order chi connectivity index (χ1) is 23.3. The lowest BCUT2D eigenvalue weighted by molar-refractivity contribution is 0.0693. The molecule has 1 aliphatic heterocycles. The van der Waals surface area contributed by atoms with Crippen LogP contribution in [0.3, 0.4) is 0 Å². The van der Waals surface area contributed by atoms with Crippen LogP contribution >= 0.6 is 11.8 Å². The van der Waals surface area contributed by atoms with E-state index in [0.717, 1.165) is 18.7 Å². The van der Waals surface area contributed by atoms with Crippen LogP contribution in [0.15, 0.2) is 107 Å². The number of halogens is 2. The third kappa shape index (κ3) is 7.08. The Morgan fingerprint density at radius 3 is 2.35 bits per heavy atom. The number of hydrogen-bond acceptors (Lipinski definition) is 9. The Morgan fingerprint density at radius 1 is 0.958 bits per heavy atom. The van der Waals surface area contributed by atoms with E-state index < -0.39 is 34.3 Å². The summed E-state index contributed by atoms with van der Waals surface area (Å²) >= 11 is 0.560. The zero-order chi connectivity index (χ0) is 33.6. The predicted molar refractivity (Wildman–Crippen MR) is 174 cm³/mol. The molecule has 0 bridgehead atoms. The van der Waals surface area contributed by atoms with Gasteiger partial charge in [-0.3, -0.25) is 10.2 Å². The van der Waals surface area contributed by atoms with Crippen LogP contribution in [0.2, 0.25) is 0 Å². The van der Waals surface area contributed by atoms with Gasteiger partial charge in [-0.2, -0.15) is 19.0 Å². The first-order valence-corrected chi connectivity index (χ1v) is 15.6. The van der Waals surface area contributed by atoms with E-state index >= 15 is 8.78 Å². The van der Waals surface area contributed by atoms with E-state index in [9.17, 15) is 15.2 Å². The van der Waals surface area contributed by atoms with Gasteiger partial charge in [0.1, 0.15) is 12.4 Å². The van der Waals surface area contributed by atoms with Gasteiger partial charge in [0.15, 0.2) is 11.5 Å². The lowest BCUT2D eigenvalue weighted by atomic mass is 10.1. The van der Waals surface area contributed by atoms with Gasteiger partial charge in [0, 0.05) is 29.6 Å². The zero-order valence-electron chi connectivity index (χ0n) is 25.5. The molecule has 0 saturated carbocycles. The van der Waals surface area contributed by atoms with Crippen LogP contribution in [0.5, 0.6) is 29.0 Å². The van der Waals surface area contributed by atoms with Crippen molar-refractivity contribution in [3.63, 3.8) is 0 Å². The minimum absolute atomic E-state index is 0.0481. The third-order valence-electron chi connectivity index (χ3n) is 7.49. The summed E-state index contributed by atoms with van der Waals surface area (Å²) in [4.78, 5) is 17.6. The molecule has 1 saturated heterocycles. The van der Waals surface area contributed by atoms with Gasteiger partial charge < -0.3 is 19.3 Å². The molecule has 48 heavy (non-hydrogen) atoms. The van der Waals surface area contributed by atoms with Crippen molar-refractivity contribution >= 4 is 17.7 Å². The number of aromatic nitrogens is 1. The molecule has 0 amide bonds. The molecule has 242 valence electrons. The van der Waals surface area contributed by atoms with E-state index in [0.29, 0.717) is 17.3 Å². The molecule has 6 rings (SSSR count). The fourth-order valence-electron chi connectivity index (χ4n) is 5.08. The molecule has 2 heterocycles. The summed E-state index contributed by atoms with van der Waals surface area (Å²) in [5, 5.41) is 22.7. The molecule has 1 unspecified atom stereocenters. The van der Waals surface area contributed by atoms with Crippen LogP contribution in [0.1, 0.15) is 33.2 Å². The summed E-state index contributed by atoms with van der Waals surface area (Å²) in [5.41, 5.74) is 1.60. The van der Waals surface area contributed by atoms with E-state index in [4.69, 9.17) is 14.2 Å². The van der Waals surface area contributed by atoms with Crippen LogP contribution in [-0.4, -0.2) is 41.1 Å². The lowest BCUT2D eigenvalue weighted by Gasteiger charge is -2.22. The number of carboxylic acids is 1. The molecule has 9 nitrogen and oxygen atoms in total. The Bertz CT molecular complexity index is 2010. The standard InChI is InChI=1S/C36H28F2N4O5S/c1-42-18-17-40-33(42)24-11-5-7-13-26(24)46-34-30(37)32(48-29-14-8-6-12-25(29)36(43)44)31(38)35(41-34)47-28-19-23(20-39)15-16-27(28)45-21-22-9-3-2-4-10-22/h2-16,19,33,40H,17-18,21H2,1H3,(H,43,44). The van der Waals surface area contributed by atoms with Crippen molar-refractivity contribution in [2.45, 2.75) is 22.6 Å². The molecule has 12 heteroatoms. The van der Waals surface area contributed by atoms with Gasteiger partial charge in [0.25, 0.3) is 11.8 Å². The molecule has 1 aliphatic rings. The van der Waals surface area contributed by atoms with Crippen LogP contribution in [-0.2, 0) is 6.61 Å². The van der Waals surface area contributed by atoms with E-state index in [1.165, 1.54) is 36.4 Å². The number of benzene rings is 4. The molecular formula is C36H28F2N4O5S. The number of aromatic carboxylic acids is 1. The molecular weight excluding hydrogens is 638 g/mol. The van der Waals surface area contributed by atoms with Crippen molar-refractivity contribution in [1.82, 2.24) is 15.2 Å². The molecule has 0 aliphatic carbocycles. The van der Waals surface area contributed by atoms with Crippen molar-refractivity contribution in [1.29, 1.82) is 5.26 Å². The number of rotatable bonds is 11. The number of carbonyl (C=O) groups is 1. The quantitative estimate of drug-likeness (QED) is 0.145. The maximum Gasteiger partial charge on any atom is 0.336 e. The highest BCUT2D eigenvalue weighted by Gasteiger charge is 2.29. The Balaban J connectivity index is 1.44. The first-order valence-electron chi connectivity index (χ1n) is 14.8. The minimum atomic E-state index is -1.27. The van der Waals surface area contributed by atoms with Crippen LogP contribution < -0.4 is 19.5 Å². The second kappa shape index (κ2) is 14.5. The number of para-hydroxylation sites is 1. The molecule has 0 radical (unpaired) electrons. The van der Waals surface area contributed by atoms with E-state index in [1.807, 2.05) is 55.6 Å². The first kappa shape index (κ1) is 32.5. The Hall–Kier alpha value is -5.48. The van der Waals surface area contributed by atoms with Crippen molar-refractivity contribution in [2.75, 3.05) is 20.1 Å². The van der Waals surface area contributed by atoms with Crippen LogP contribution in [0, 0.1) is 23.0 Å². The molecule has 5 aromatic rings. The van der Waals surface area contributed by atoms with E-state index in [-0.39, 0.29) is 46.0 Å². The average Bonchev–Trinajstić information content (AvgIpc) is 3.54. The number of nitriles is 1. The van der Waals surface area contributed by atoms with Gasteiger partial charge >= 0.3 is 5.97 Å². The van der Waals surface area contributed by atoms with Crippen LogP contribution in [0.4, 0.5) is 8.78 Å². The van der Waals surface area contributed by atoms with Crippen molar-refractivity contribution in [3.8, 4) is 35.1 Å². The van der Waals surface area contributed by atoms with Crippen molar-refractivity contribution in [2.24, 2.45) is 0 Å². The van der Waals surface area contributed by atoms with Crippen LogP contribution in [0.25, 0.3) is 0 Å². The van der Waals surface area contributed by atoms with E-state index in [2.05, 4.69) is 15.2 Å². The summed E-state index contributed by atoms with van der Waals surface area (Å²) in [5.74, 6) is -4.49.